The van der Waals surface area contributed by atoms with Crippen molar-refractivity contribution in [3.63, 3.8) is 0 Å². The summed E-state index contributed by atoms with van der Waals surface area (Å²) < 4.78 is 0. The second-order valence-electron chi connectivity index (χ2n) is 4.66. The van der Waals surface area contributed by atoms with Gasteiger partial charge in [0.25, 0.3) is 0 Å². The van der Waals surface area contributed by atoms with Crippen LogP contribution in [0.3, 0.4) is 0 Å². The van der Waals surface area contributed by atoms with Crippen LogP contribution in [0.15, 0.2) is 42.7 Å². The molecule has 0 aliphatic carbocycles. The van der Waals surface area contributed by atoms with Crippen molar-refractivity contribution in [2.45, 2.75) is 26.8 Å². The van der Waals surface area contributed by atoms with Gasteiger partial charge < -0.3 is 10.2 Å². The van der Waals surface area contributed by atoms with Crippen molar-refractivity contribution in [1.29, 1.82) is 0 Å². The standard InChI is InChI=1S/C16H22N4/c1-3-9-18-16-12-15(8-11-19-16)20(4-2)13-14-7-5-6-10-17-14/h5-8,10-12H,3-4,9,13H2,1-2H3,(H,18,19). The Morgan fingerprint density at radius 3 is 2.70 bits per heavy atom. The third-order valence-corrected chi connectivity index (χ3v) is 3.13. The number of hydrogen-bond donors (Lipinski definition) is 1. The number of hydrogen-bond acceptors (Lipinski definition) is 4. The molecule has 2 heterocycles. The first-order valence-electron chi connectivity index (χ1n) is 7.18. The molecule has 106 valence electrons. The average Bonchev–Trinajstić information content (AvgIpc) is 2.52. The number of nitrogens with zero attached hydrogens (tertiary/aromatic N) is 3. The highest BCUT2D eigenvalue weighted by Crippen LogP contribution is 2.19. The number of pyridine rings is 2. The van der Waals surface area contributed by atoms with Crippen LogP contribution in [0.1, 0.15) is 26.0 Å². The Bertz CT molecular complexity index is 513. The molecule has 2 aromatic heterocycles. The second kappa shape index (κ2) is 7.48. The van der Waals surface area contributed by atoms with Crippen molar-refractivity contribution in [2.24, 2.45) is 0 Å². The maximum absolute atomic E-state index is 4.39. The molecule has 0 radical (unpaired) electrons. The van der Waals surface area contributed by atoms with E-state index in [9.17, 15) is 0 Å². The van der Waals surface area contributed by atoms with Crippen LogP contribution in [0, 0.1) is 0 Å². The minimum Gasteiger partial charge on any atom is -0.370 e. The largest absolute Gasteiger partial charge is 0.370 e. The van der Waals surface area contributed by atoms with Gasteiger partial charge in [-0.1, -0.05) is 13.0 Å². The van der Waals surface area contributed by atoms with Gasteiger partial charge in [0.15, 0.2) is 0 Å². The highest BCUT2D eigenvalue weighted by Gasteiger charge is 2.07. The van der Waals surface area contributed by atoms with E-state index in [0.717, 1.165) is 37.6 Å². The van der Waals surface area contributed by atoms with E-state index in [2.05, 4.69) is 46.2 Å². The van der Waals surface area contributed by atoms with Gasteiger partial charge in [0.1, 0.15) is 5.82 Å². The van der Waals surface area contributed by atoms with Crippen molar-refractivity contribution < 1.29 is 0 Å². The fourth-order valence-electron chi connectivity index (χ4n) is 2.04. The Labute approximate surface area is 120 Å². The summed E-state index contributed by atoms with van der Waals surface area (Å²) in [6.07, 6.45) is 4.79. The van der Waals surface area contributed by atoms with E-state index < -0.39 is 0 Å². The summed E-state index contributed by atoms with van der Waals surface area (Å²) >= 11 is 0. The minimum atomic E-state index is 0.814. The molecule has 2 rings (SSSR count). The zero-order chi connectivity index (χ0) is 14.2. The average molecular weight is 270 g/mol. The maximum atomic E-state index is 4.39. The topological polar surface area (TPSA) is 41.0 Å². The summed E-state index contributed by atoms with van der Waals surface area (Å²) in [5, 5.41) is 3.32. The van der Waals surface area contributed by atoms with Crippen LogP contribution in [-0.4, -0.2) is 23.1 Å². The normalized spacial score (nSPS) is 10.3. The van der Waals surface area contributed by atoms with Gasteiger partial charge in [-0.25, -0.2) is 4.98 Å². The van der Waals surface area contributed by atoms with E-state index in [4.69, 9.17) is 0 Å². The summed E-state index contributed by atoms with van der Waals surface area (Å²) in [7, 11) is 0. The highest BCUT2D eigenvalue weighted by molar-refractivity contribution is 5.53. The molecule has 0 aliphatic heterocycles. The lowest BCUT2D eigenvalue weighted by molar-refractivity contribution is 0.808. The molecule has 0 aromatic carbocycles. The maximum Gasteiger partial charge on any atom is 0.127 e. The molecular formula is C16H22N4. The molecule has 0 spiro atoms. The molecule has 0 fully saturated rings. The molecule has 4 nitrogen and oxygen atoms in total. The summed E-state index contributed by atoms with van der Waals surface area (Å²) in [5.74, 6) is 0.934. The second-order valence-corrected chi connectivity index (χ2v) is 4.66. The van der Waals surface area contributed by atoms with Gasteiger partial charge in [-0.3, -0.25) is 4.98 Å². The predicted molar refractivity (Wildman–Crippen MR) is 84.0 cm³/mol. The van der Waals surface area contributed by atoms with Gasteiger partial charge >= 0.3 is 0 Å². The first-order valence-corrected chi connectivity index (χ1v) is 7.18. The fraction of sp³-hybridized carbons (Fsp3) is 0.375. The van der Waals surface area contributed by atoms with Crippen LogP contribution in [0.2, 0.25) is 0 Å². The van der Waals surface area contributed by atoms with Crippen molar-refractivity contribution >= 4 is 11.5 Å². The van der Waals surface area contributed by atoms with Crippen LogP contribution in [0.5, 0.6) is 0 Å². The molecule has 4 heteroatoms. The molecule has 0 aliphatic rings. The molecule has 0 saturated heterocycles. The SMILES string of the molecule is CCCNc1cc(N(CC)Cc2ccccn2)ccn1. The zero-order valence-electron chi connectivity index (χ0n) is 12.2. The Balaban J connectivity index is 2.10. The van der Waals surface area contributed by atoms with E-state index >= 15 is 0 Å². The third kappa shape index (κ3) is 3.95. The van der Waals surface area contributed by atoms with Crippen molar-refractivity contribution in [1.82, 2.24) is 9.97 Å². The van der Waals surface area contributed by atoms with Gasteiger partial charge in [-0.05, 0) is 31.5 Å². The van der Waals surface area contributed by atoms with Gasteiger partial charge in [0, 0.05) is 37.2 Å². The molecule has 0 saturated carbocycles. The lowest BCUT2D eigenvalue weighted by Crippen LogP contribution is -2.22. The fourth-order valence-corrected chi connectivity index (χ4v) is 2.04. The van der Waals surface area contributed by atoms with Gasteiger partial charge in [-0.15, -0.1) is 0 Å². The van der Waals surface area contributed by atoms with E-state index in [1.165, 1.54) is 5.69 Å². The molecule has 0 amide bonds. The monoisotopic (exact) mass is 270 g/mol. The number of anilines is 2. The molecule has 20 heavy (non-hydrogen) atoms. The number of aromatic nitrogens is 2. The van der Waals surface area contributed by atoms with Crippen molar-refractivity contribution in [3.05, 3.63) is 48.4 Å². The molecule has 0 unspecified atom stereocenters. The van der Waals surface area contributed by atoms with Crippen LogP contribution in [0.4, 0.5) is 11.5 Å². The number of nitrogens with one attached hydrogen (secondary N) is 1. The van der Waals surface area contributed by atoms with E-state index in [-0.39, 0.29) is 0 Å². The Morgan fingerprint density at radius 2 is 2.00 bits per heavy atom. The molecule has 0 bridgehead atoms. The van der Waals surface area contributed by atoms with Crippen LogP contribution < -0.4 is 10.2 Å². The van der Waals surface area contributed by atoms with Gasteiger partial charge in [0.2, 0.25) is 0 Å². The summed E-state index contributed by atoms with van der Waals surface area (Å²) in [6, 6.07) is 10.2. The summed E-state index contributed by atoms with van der Waals surface area (Å²) in [5.41, 5.74) is 2.25. The number of rotatable bonds is 7. The van der Waals surface area contributed by atoms with Crippen molar-refractivity contribution in [3.8, 4) is 0 Å². The summed E-state index contributed by atoms with van der Waals surface area (Å²) in [4.78, 5) is 11.0. The molecule has 2 aromatic rings. The first-order chi connectivity index (χ1) is 9.83. The highest BCUT2D eigenvalue weighted by atomic mass is 15.1. The smallest absolute Gasteiger partial charge is 0.127 e. The Hall–Kier alpha value is -2.10. The van der Waals surface area contributed by atoms with Gasteiger partial charge in [0.05, 0.1) is 12.2 Å². The van der Waals surface area contributed by atoms with E-state index in [1.54, 1.807) is 0 Å². The van der Waals surface area contributed by atoms with Crippen molar-refractivity contribution in [2.75, 3.05) is 23.3 Å². The zero-order valence-corrected chi connectivity index (χ0v) is 12.2. The van der Waals surface area contributed by atoms with E-state index in [1.807, 2.05) is 30.6 Å². The Kier molecular flexibility index (Phi) is 5.35. The first kappa shape index (κ1) is 14.3. The van der Waals surface area contributed by atoms with Gasteiger partial charge in [-0.2, -0.15) is 0 Å². The lowest BCUT2D eigenvalue weighted by Gasteiger charge is -2.23. The van der Waals surface area contributed by atoms with Crippen LogP contribution >= 0.6 is 0 Å². The van der Waals surface area contributed by atoms with E-state index in [0.29, 0.717) is 0 Å². The molecule has 1 N–H and O–H groups in total. The lowest BCUT2D eigenvalue weighted by atomic mass is 10.3. The molecular weight excluding hydrogens is 248 g/mol. The quantitative estimate of drug-likeness (QED) is 0.838. The van der Waals surface area contributed by atoms with Crippen LogP contribution in [-0.2, 0) is 6.54 Å². The van der Waals surface area contributed by atoms with Crippen LogP contribution in [0.25, 0.3) is 0 Å². The molecule has 0 atom stereocenters. The summed E-state index contributed by atoms with van der Waals surface area (Å²) in [6.45, 7) is 7.00. The third-order valence-electron chi connectivity index (χ3n) is 3.13. The Morgan fingerprint density at radius 1 is 1.10 bits per heavy atom. The predicted octanol–water partition coefficient (Wildman–Crippen LogP) is 3.33. The minimum absolute atomic E-state index is 0.814.